The topological polar surface area (TPSA) is 240 Å². The zero-order valence-corrected chi connectivity index (χ0v) is 34.2. The molecule has 5 amide bonds. The second-order valence-electron chi connectivity index (χ2n) is 13.9. The number of nitrogens with zero attached hydrogens (tertiary/aromatic N) is 1. The number of aromatic nitrogens is 1. The lowest BCUT2D eigenvalue weighted by molar-refractivity contribution is -0.134. The van der Waals surface area contributed by atoms with Crippen LogP contribution in [0.1, 0.15) is 36.5 Å². The first-order valence-corrected chi connectivity index (χ1v) is 19.9. The number of carbonyl (C=O) groups excluding carboxylic acids is 5. The highest BCUT2D eigenvalue weighted by Crippen LogP contribution is 2.21. The number of fused-ring (bicyclic) bond motifs is 1. The maximum atomic E-state index is 14.2. The van der Waals surface area contributed by atoms with E-state index >= 15 is 0 Å². The molecule has 15 heteroatoms. The van der Waals surface area contributed by atoms with Gasteiger partial charge >= 0.3 is 0 Å². The molecule has 0 unspecified atom stereocenters. The van der Waals surface area contributed by atoms with Gasteiger partial charge in [-0.05, 0) is 81.4 Å². The van der Waals surface area contributed by atoms with E-state index in [1.165, 1.54) is 6.92 Å². The van der Waals surface area contributed by atoms with Gasteiger partial charge in [0.1, 0.15) is 24.2 Å². The van der Waals surface area contributed by atoms with Crippen LogP contribution in [0.25, 0.3) is 22.0 Å². The molecule has 1 heterocycles. The van der Waals surface area contributed by atoms with E-state index < -0.39 is 53.7 Å². The Morgan fingerprint density at radius 3 is 1.81 bits per heavy atom. The largest absolute Gasteiger partial charge is 0.370 e. The van der Waals surface area contributed by atoms with E-state index in [4.69, 9.17) is 17.2 Å². The second-order valence-corrected chi connectivity index (χ2v) is 15.2. The molecule has 0 aliphatic heterocycles. The molecule has 4 atom stereocenters. The van der Waals surface area contributed by atoms with Crippen molar-refractivity contribution in [3.05, 3.63) is 130 Å². The summed E-state index contributed by atoms with van der Waals surface area (Å²) in [6.07, 6.45) is 2.49. The van der Waals surface area contributed by atoms with Crippen molar-refractivity contribution < 1.29 is 24.0 Å². The number of primary amides is 1. The summed E-state index contributed by atoms with van der Waals surface area (Å²) in [5, 5.41) is 12.0. The van der Waals surface area contributed by atoms with E-state index in [0.29, 0.717) is 6.42 Å². The Morgan fingerprint density at radius 2 is 1.17 bits per heavy atom. The van der Waals surface area contributed by atoms with Crippen molar-refractivity contribution in [3.8, 4) is 11.1 Å². The molecule has 5 aromatic rings. The number of guanidine groups is 1. The zero-order chi connectivity index (χ0) is 41.6. The van der Waals surface area contributed by atoms with Gasteiger partial charge in [0.15, 0.2) is 5.96 Å². The van der Waals surface area contributed by atoms with Crippen LogP contribution in [0, 0.1) is 3.57 Å². The molecule has 11 N–H and O–H groups in total. The van der Waals surface area contributed by atoms with Crippen LogP contribution < -0.4 is 38.5 Å². The van der Waals surface area contributed by atoms with Crippen molar-refractivity contribution in [2.24, 2.45) is 22.2 Å². The van der Waals surface area contributed by atoms with Crippen molar-refractivity contribution >= 4 is 69.0 Å². The van der Waals surface area contributed by atoms with Crippen LogP contribution in [0.4, 0.5) is 0 Å². The van der Waals surface area contributed by atoms with E-state index in [9.17, 15) is 24.0 Å². The minimum Gasteiger partial charge on any atom is -0.370 e. The van der Waals surface area contributed by atoms with Gasteiger partial charge in [-0.1, -0.05) is 84.9 Å². The van der Waals surface area contributed by atoms with Crippen LogP contribution in [-0.4, -0.2) is 71.2 Å². The summed E-state index contributed by atoms with van der Waals surface area (Å²) in [5.41, 5.74) is 22.0. The van der Waals surface area contributed by atoms with Crippen molar-refractivity contribution in [3.63, 3.8) is 0 Å². The number of rotatable bonds is 19. The summed E-state index contributed by atoms with van der Waals surface area (Å²) < 4.78 is 0.976. The van der Waals surface area contributed by atoms with Gasteiger partial charge in [-0.25, -0.2) is 0 Å². The molecule has 0 fully saturated rings. The van der Waals surface area contributed by atoms with E-state index in [1.54, 1.807) is 6.20 Å². The number of halogens is 1. The predicted molar refractivity (Wildman–Crippen MR) is 233 cm³/mol. The smallest absolute Gasteiger partial charge is 0.243 e. The van der Waals surface area contributed by atoms with E-state index in [-0.39, 0.29) is 38.2 Å². The SMILES string of the molecule is CC(=O)N[C@@H](Cc1c[nH]c2ccccc12)C(=O)N[C@H](Cc1ccc(I)cc1)C(=O)N[C@@H](CCCN=C(N)N)C(=O)N[C@@H](Cc1ccc(-c2ccccc2)cc1)C(N)=O. The van der Waals surface area contributed by atoms with Crippen molar-refractivity contribution in [2.75, 3.05) is 6.54 Å². The second kappa shape index (κ2) is 20.8. The molecule has 0 aliphatic rings. The number of aromatic amines is 1. The first kappa shape index (κ1) is 42.9. The lowest BCUT2D eigenvalue weighted by Crippen LogP contribution is -2.59. The van der Waals surface area contributed by atoms with Gasteiger partial charge in [0, 0.05) is 53.4 Å². The summed E-state index contributed by atoms with van der Waals surface area (Å²) in [7, 11) is 0. The molecular formula is C43H48IN9O5. The standard InChI is InChI=1S/C43H48IN9O5/c1-26(54)50-38(24-31-25-49-34-11-6-5-10-33(31)34)42(58)53-37(23-28-15-19-32(44)20-16-28)41(57)51-35(12-7-21-48-43(46)47)40(56)52-36(39(45)55)22-27-13-17-30(18-14-27)29-8-3-2-4-9-29/h2-6,8-11,13-20,25,35-38,49H,7,12,21-24H2,1H3,(H2,45,55)(H,50,54)(H,51,57)(H,52,56)(H,53,58)(H4,46,47,48)/t35-,36-,37+,38-/m0/s1. The fraction of sp³-hybridized carbons (Fsp3) is 0.256. The Bertz CT molecular complexity index is 2220. The minimum absolute atomic E-state index is 0.0690. The summed E-state index contributed by atoms with van der Waals surface area (Å²) in [5.74, 6) is -3.21. The van der Waals surface area contributed by atoms with Gasteiger partial charge in [0.2, 0.25) is 29.5 Å². The molecule has 0 saturated carbocycles. The summed E-state index contributed by atoms with van der Waals surface area (Å²) in [4.78, 5) is 74.4. The quantitative estimate of drug-likeness (QED) is 0.0267. The first-order valence-electron chi connectivity index (χ1n) is 18.8. The molecule has 0 bridgehead atoms. The van der Waals surface area contributed by atoms with Crippen LogP contribution in [-0.2, 0) is 43.2 Å². The summed E-state index contributed by atoms with van der Waals surface area (Å²) in [6, 6.07) is 28.0. The average molecular weight is 898 g/mol. The van der Waals surface area contributed by atoms with E-state index in [0.717, 1.165) is 42.3 Å². The number of amides is 5. The summed E-state index contributed by atoms with van der Waals surface area (Å²) >= 11 is 2.17. The van der Waals surface area contributed by atoms with Gasteiger partial charge < -0.3 is 43.5 Å². The Labute approximate surface area is 350 Å². The third kappa shape index (κ3) is 12.6. The Kier molecular flexibility index (Phi) is 15.4. The van der Waals surface area contributed by atoms with Crippen LogP contribution in [0.3, 0.4) is 0 Å². The van der Waals surface area contributed by atoms with Crippen LogP contribution in [0.5, 0.6) is 0 Å². The zero-order valence-electron chi connectivity index (χ0n) is 32.0. The molecule has 302 valence electrons. The molecule has 5 rings (SSSR count). The number of benzene rings is 4. The third-order valence-corrected chi connectivity index (χ3v) is 10.2. The fourth-order valence-corrected chi connectivity index (χ4v) is 6.91. The highest BCUT2D eigenvalue weighted by atomic mass is 127. The maximum Gasteiger partial charge on any atom is 0.243 e. The minimum atomic E-state index is -1.17. The van der Waals surface area contributed by atoms with Gasteiger partial charge in [0.25, 0.3) is 0 Å². The van der Waals surface area contributed by atoms with E-state index in [1.807, 2.05) is 103 Å². The lowest BCUT2D eigenvalue weighted by Gasteiger charge is -2.26. The number of nitrogens with one attached hydrogen (secondary N) is 5. The van der Waals surface area contributed by atoms with Crippen molar-refractivity contribution in [2.45, 2.75) is 63.2 Å². The molecule has 4 aromatic carbocycles. The van der Waals surface area contributed by atoms with E-state index in [2.05, 4.69) is 53.8 Å². The molecule has 1 aromatic heterocycles. The molecular weight excluding hydrogens is 849 g/mol. The Hall–Kier alpha value is -6.23. The van der Waals surface area contributed by atoms with Crippen molar-refractivity contribution in [1.29, 1.82) is 0 Å². The Morgan fingerprint density at radius 1 is 0.638 bits per heavy atom. The fourth-order valence-electron chi connectivity index (χ4n) is 6.55. The molecule has 14 nitrogen and oxygen atoms in total. The molecule has 58 heavy (non-hydrogen) atoms. The first-order chi connectivity index (χ1) is 27.9. The van der Waals surface area contributed by atoms with Crippen molar-refractivity contribution in [1.82, 2.24) is 26.3 Å². The molecule has 0 spiro atoms. The number of para-hydroxylation sites is 1. The Balaban J connectivity index is 1.36. The van der Waals surface area contributed by atoms with Crippen LogP contribution >= 0.6 is 22.6 Å². The van der Waals surface area contributed by atoms with Gasteiger partial charge in [-0.2, -0.15) is 0 Å². The molecule has 0 saturated heterocycles. The molecule has 0 aliphatic carbocycles. The van der Waals surface area contributed by atoms with Crippen LogP contribution in [0.2, 0.25) is 0 Å². The number of nitrogens with two attached hydrogens (primary N) is 3. The number of aliphatic imine (C=N–C) groups is 1. The maximum absolute atomic E-state index is 14.2. The monoisotopic (exact) mass is 897 g/mol. The average Bonchev–Trinajstić information content (AvgIpc) is 3.61. The highest BCUT2D eigenvalue weighted by Gasteiger charge is 2.31. The normalized spacial score (nSPS) is 13.0. The van der Waals surface area contributed by atoms with Gasteiger partial charge in [-0.15, -0.1) is 0 Å². The van der Waals surface area contributed by atoms with Gasteiger partial charge in [0.05, 0.1) is 0 Å². The summed E-state index contributed by atoms with van der Waals surface area (Å²) in [6.45, 7) is 1.49. The highest BCUT2D eigenvalue weighted by molar-refractivity contribution is 14.1. The number of carbonyl (C=O) groups is 5. The molecule has 0 radical (unpaired) electrons. The number of hydrogen-bond acceptors (Lipinski definition) is 6. The third-order valence-electron chi connectivity index (χ3n) is 9.52. The predicted octanol–water partition coefficient (Wildman–Crippen LogP) is 2.97. The van der Waals surface area contributed by atoms with Gasteiger partial charge in [-0.3, -0.25) is 29.0 Å². The van der Waals surface area contributed by atoms with Crippen LogP contribution in [0.15, 0.2) is 114 Å². The lowest BCUT2D eigenvalue weighted by atomic mass is 9.99. The number of hydrogen-bond donors (Lipinski definition) is 8. The number of H-pyrrole nitrogens is 1.